The van der Waals surface area contributed by atoms with Gasteiger partial charge in [-0.2, -0.15) is 4.31 Å². The second-order valence-electron chi connectivity index (χ2n) is 4.81. The minimum absolute atomic E-state index is 0.0171. The summed E-state index contributed by atoms with van der Waals surface area (Å²) in [5.41, 5.74) is 6.00. The Kier molecular flexibility index (Phi) is 3.51. The lowest BCUT2D eigenvalue weighted by Crippen LogP contribution is -2.30. The van der Waals surface area contributed by atoms with Gasteiger partial charge in [-0.25, -0.2) is 8.42 Å². The zero-order chi connectivity index (χ0) is 14.2. The van der Waals surface area contributed by atoms with Crippen molar-refractivity contribution in [3.8, 4) is 0 Å². The summed E-state index contributed by atoms with van der Waals surface area (Å²) in [5.74, 6) is -1.80. The van der Waals surface area contributed by atoms with Crippen molar-refractivity contribution in [2.24, 2.45) is 11.8 Å². The molecular weight excluding hydrogens is 268 g/mol. The average molecular weight is 284 g/mol. The molecule has 0 spiro atoms. The number of nitrogens with zero attached hydrogens (tertiary/aromatic N) is 1. The van der Waals surface area contributed by atoms with Crippen LogP contribution in [0.25, 0.3) is 0 Å². The van der Waals surface area contributed by atoms with Crippen molar-refractivity contribution in [1.82, 2.24) is 4.31 Å². The minimum atomic E-state index is -3.64. The first-order valence-electron chi connectivity index (χ1n) is 5.91. The summed E-state index contributed by atoms with van der Waals surface area (Å²) in [6.45, 7) is 1.99. The normalized spacial score (nSPS) is 24.5. The Morgan fingerprint density at radius 2 is 1.89 bits per heavy atom. The van der Waals surface area contributed by atoms with Gasteiger partial charge in [-0.3, -0.25) is 4.79 Å². The first-order valence-corrected chi connectivity index (χ1v) is 7.35. The van der Waals surface area contributed by atoms with Crippen LogP contribution in [0.2, 0.25) is 0 Å². The highest BCUT2D eigenvalue weighted by Crippen LogP contribution is 2.28. The number of carboxylic acids is 1. The second kappa shape index (κ2) is 4.82. The quantitative estimate of drug-likeness (QED) is 0.792. The van der Waals surface area contributed by atoms with Gasteiger partial charge in [0.15, 0.2) is 0 Å². The number of anilines is 1. The maximum absolute atomic E-state index is 12.4. The van der Waals surface area contributed by atoms with E-state index in [1.807, 2.05) is 0 Å². The predicted molar refractivity (Wildman–Crippen MR) is 69.9 cm³/mol. The molecule has 7 heteroatoms. The molecule has 2 atom stereocenters. The fourth-order valence-electron chi connectivity index (χ4n) is 2.23. The fourth-order valence-corrected chi connectivity index (χ4v) is 3.80. The van der Waals surface area contributed by atoms with Gasteiger partial charge in [-0.05, 0) is 30.2 Å². The van der Waals surface area contributed by atoms with Crippen molar-refractivity contribution in [1.29, 1.82) is 0 Å². The number of aliphatic carboxylic acids is 1. The highest BCUT2D eigenvalue weighted by molar-refractivity contribution is 7.89. The van der Waals surface area contributed by atoms with E-state index in [4.69, 9.17) is 10.8 Å². The Morgan fingerprint density at radius 1 is 1.32 bits per heavy atom. The maximum Gasteiger partial charge on any atom is 0.308 e. The van der Waals surface area contributed by atoms with E-state index in [1.54, 1.807) is 6.92 Å². The first-order chi connectivity index (χ1) is 8.82. The third-order valence-corrected chi connectivity index (χ3v) is 5.26. The fraction of sp³-hybridized carbons (Fsp3) is 0.417. The number of benzene rings is 1. The number of nitrogen functional groups attached to an aromatic ring is 1. The average Bonchev–Trinajstić information content (AvgIpc) is 2.72. The van der Waals surface area contributed by atoms with Crippen molar-refractivity contribution in [3.63, 3.8) is 0 Å². The summed E-state index contributed by atoms with van der Waals surface area (Å²) in [5, 5.41) is 9.04. The molecule has 1 aliphatic heterocycles. The van der Waals surface area contributed by atoms with Crippen molar-refractivity contribution >= 4 is 21.7 Å². The lowest BCUT2D eigenvalue weighted by molar-refractivity contribution is -0.142. The molecule has 0 unspecified atom stereocenters. The largest absolute Gasteiger partial charge is 0.481 e. The van der Waals surface area contributed by atoms with Crippen LogP contribution >= 0.6 is 0 Å². The molecule has 1 aromatic carbocycles. The smallest absolute Gasteiger partial charge is 0.308 e. The lowest BCUT2D eigenvalue weighted by atomic mass is 9.99. The summed E-state index contributed by atoms with van der Waals surface area (Å²) in [4.78, 5) is 11.2. The summed E-state index contributed by atoms with van der Waals surface area (Å²) in [6.07, 6.45) is 0. The molecule has 0 amide bonds. The van der Waals surface area contributed by atoms with Crippen molar-refractivity contribution < 1.29 is 18.3 Å². The Balaban J connectivity index is 2.27. The van der Waals surface area contributed by atoms with Crippen LogP contribution < -0.4 is 5.73 Å². The summed E-state index contributed by atoms with van der Waals surface area (Å²) >= 11 is 0. The van der Waals surface area contributed by atoms with Gasteiger partial charge in [-0.15, -0.1) is 0 Å². The van der Waals surface area contributed by atoms with Crippen LogP contribution in [0.15, 0.2) is 29.2 Å². The molecule has 0 saturated carbocycles. The van der Waals surface area contributed by atoms with Crippen LogP contribution in [0.3, 0.4) is 0 Å². The lowest BCUT2D eigenvalue weighted by Gasteiger charge is -2.16. The van der Waals surface area contributed by atoms with Crippen LogP contribution in [0.4, 0.5) is 5.69 Å². The Hall–Kier alpha value is -1.60. The third kappa shape index (κ3) is 2.57. The number of rotatable bonds is 3. The SMILES string of the molecule is C[C@@H]1CN(S(=O)(=O)c2ccc(N)cc2)C[C@H]1C(=O)O. The molecule has 0 radical (unpaired) electrons. The summed E-state index contributed by atoms with van der Waals surface area (Å²) in [7, 11) is -3.64. The van der Waals surface area contributed by atoms with Gasteiger partial charge < -0.3 is 10.8 Å². The van der Waals surface area contributed by atoms with Gasteiger partial charge in [-0.1, -0.05) is 6.92 Å². The van der Waals surface area contributed by atoms with Crippen LogP contribution in [-0.4, -0.2) is 36.9 Å². The van der Waals surface area contributed by atoms with Gasteiger partial charge >= 0.3 is 5.97 Å². The molecule has 19 heavy (non-hydrogen) atoms. The number of sulfonamides is 1. The van der Waals surface area contributed by atoms with Gasteiger partial charge in [0.05, 0.1) is 10.8 Å². The molecule has 104 valence electrons. The highest BCUT2D eigenvalue weighted by Gasteiger charge is 2.40. The number of nitrogens with two attached hydrogens (primary N) is 1. The molecule has 2 rings (SSSR count). The van der Waals surface area contributed by atoms with E-state index in [2.05, 4.69) is 0 Å². The van der Waals surface area contributed by atoms with Crippen LogP contribution in [0, 0.1) is 11.8 Å². The van der Waals surface area contributed by atoms with Crippen molar-refractivity contribution in [2.75, 3.05) is 18.8 Å². The molecule has 6 nitrogen and oxygen atoms in total. The van der Waals surface area contributed by atoms with Crippen LogP contribution in [0.5, 0.6) is 0 Å². The Labute approximate surface area is 111 Å². The Morgan fingerprint density at radius 3 is 2.37 bits per heavy atom. The molecule has 1 saturated heterocycles. The van der Waals surface area contributed by atoms with E-state index >= 15 is 0 Å². The number of hydrogen-bond donors (Lipinski definition) is 2. The number of carbonyl (C=O) groups is 1. The van der Waals surface area contributed by atoms with Crippen molar-refractivity contribution in [2.45, 2.75) is 11.8 Å². The number of carboxylic acid groups (broad SMARTS) is 1. The maximum atomic E-state index is 12.4. The van der Waals surface area contributed by atoms with Gasteiger partial charge in [0.2, 0.25) is 10.0 Å². The molecular formula is C12H16N2O4S. The zero-order valence-corrected chi connectivity index (χ0v) is 11.3. The standard InChI is InChI=1S/C12H16N2O4S/c1-8-6-14(7-11(8)12(15)16)19(17,18)10-4-2-9(13)3-5-10/h2-5,8,11H,6-7,13H2,1H3,(H,15,16)/t8-,11-/m1/s1. The zero-order valence-electron chi connectivity index (χ0n) is 10.5. The van der Waals surface area contributed by atoms with E-state index in [0.717, 1.165) is 0 Å². The molecule has 1 heterocycles. The topological polar surface area (TPSA) is 101 Å². The van der Waals surface area contributed by atoms with Gasteiger partial charge in [0.1, 0.15) is 0 Å². The highest BCUT2D eigenvalue weighted by atomic mass is 32.2. The Bertz CT molecular complexity index is 582. The first kappa shape index (κ1) is 13.8. The van der Waals surface area contributed by atoms with E-state index in [1.165, 1.54) is 28.6 Å². The summed E-state index contributed by atoms with van der Waals surface area (Å²) in [6, 6.07) is 5.90. The van der Waals surface area contributed by atoms with Crippen LogP contribution in [0.1, 0.15) is 6.92 Å². The van der Waals surface area contributed by atoms with E-state index in [-0.39, 0.29) is 23.9 Å². The molecule has 0 aromatic heterocycles. The van der Waals surface area contributed by atoms with E-state index < -0.39 is 21.9 Å². The molecule has 0 aliphatic carbocycles. The molecule has 0 bridgehead atoms. The molecule has 3 N–H and O–H groups in total. The van der Waals surface area contributed by atoms with Gasteiger partial charge in [0, 0.05) is 18.8 Å². The van der Waals surface area contributed by atoms with Crippen molar-refractivity contribution in [3.05, 3.63) is 24.3 Å². The molecule has 1 aromatic rings. The molecule has 1 fully saturated rings. The van der Waals surface area contributed by atoms with E-state index in [9.17, 15) is 13.2 Å². The van der Waals surface area contributed by atoms with E-state index in [0.29, 0.717) is 5.69 Å². The number of hydrogen-bond acceptors (Lipinski definition) is 4. The predicted octanol–water partition coefficient (Wildman–Crippen LogP) is 0.610. The third-order valence-electron chi connectivity index (χ3n) is 3.41. The second-order valence-corrected chi connectivity index (χ2v) is 6.75. The van der Waals surface area contributed by atoms with Crippen LogP contribution in [-0.2, 0) is 14.8 Å². The van der Waals surface area contributed by atoms with Gasteiger partial charge in [0.25, 0.3) is 0 Å². The summed E-state index contributed by atoms with van der Waals surface area (Å²) < 4.78 is 25.9. The minimum Gasteiger partial charge on any atom is -0.481 e. The molecule has 1 aliphatic rings. The monoisotopic (exact) mass is 284 g/mol.